The lowest BCUT2D eigenvalue weighted by molar-refractivity contribution is -0.139. The molecule has 1 aliphatic heterocycles. The number of nitrogens with one attached hydrogen (secondary N) is 1. The Kier molecular flexibility index (Phi) is 5.98. The molecule has 0 saturated carbocycles. The molecule has 1 N–H and O–H groups in total. The van der Waals surface area contributed by atoms with Gasteiger partial charge < -0.3 is 10.1 Å². The average molecular weight is 366 g/mol. The summed E-state index contributed by atoms with van der Waals surface area (Å²) in [6.45, 7) is 1.16. The summed E-state index contributed by atoms with van der Waals surface area (Å²) in [4.78, 5) is 37.0. The van der Waals surface area contributed by atoms with E-state index < -0.39 is 0 Å². The van der Waals surface area contributed by atoms with Crippen LogP contribution in [0.4, 0.5) is 0 Å². The predicted octanol–water partition coefficient (Wildman–Crippen LogP) is 2.41. The average Bonchev–Trinajstić information content (AvgIpc) is 3.00. The SMILES string of the molecule is COCc1ccccc1CNC(=O)c1ccc(CN2C(=O)CCC2=O)cc1. The highest BCUT2D eigenvalue weighted by Gasteiger charge is 2.28. The van der Waals surface area contributed by atoms with Gasteiger partial charge in [-0.25, -0.2) is 0 Å². The van der Waals surface area contributed by atoms with Gasteiger partial charge in [0.2, 0.25) is 11.8 Å². The van der Waals surface area contributed by atoms with Gasteiger partial charge in [0.05, 0.1) is 13.2 Å². The lowest BCUT2D eigenvalue weighted by Gasteiger charge is -2.14. The molecule has 1 saturated heterocycles. The number of carbonyl (C=O) groups is 3. The molecule has 1 fully saturated rings. The van der Waals surface area contributed by atoms with Crippen molar-refractivity contribution in [2.75, 3.05) is 7.11 Å². The molecular weight excluding hydrogens is 344 g/mol. The Balaban J connectivity index is 1.59. The van der Waals surface area contributed by atoms with Crippen LogP contribution in [0.5, 0.6) is 0 Å². The highest BCUT2D eigenvalue weighted by molar-refractivity contribution is 6.01. The lowest BCUT2D eigenvalue weighted by atomic mass is 10.1. The van der Waals surface area contributed by atoms with Gasteiger partial charge in [-0.3, -0.25) is 19.3 Å². The fourth-order valence-electron chi connectivity index (χ4n) is 3.05. The number of amides is 3. The van der Waals surface area contributed by atoms with E-state index in [-0.39, 0.29) is 37.1 Å². The van der Waals surface area contributed by atoms with Crippen molar-refractivity contribution in [2.24, 2.45) is 0 Å². The van der Waals surface area contributed by atoms with Crippen molar-refractivity contribution >= 4 is 17.7 Å². The van der Waals surface area contributed by atoms with Gasteiger partial charge in [-0.2, -0.15) is 0 Å². The van der Waals surface area contributed by atoms with Crippen LogP contribution in [-0.2, 0) is 34.0 Å². The number of likely N-dealkylation sites (tertiary alicyclic amines) is 1. The third kappa shape index (κ3) is 4.60. The number of methoxy groups -OCH3 is 1. The minimum atomic E-state index is -0.179. The molecule has 0 atom stereocenters. The second kappa shape index (κ2) is 8.60. The van der Waals surface area contributed by atoms with Crippen molar-refractivity contribution < 1.29 is 19.1 Å². The highest BCUT2D eigenvalue weighted by atomic mass is 16.5. The van der Waals surface area contributed by atoms with Crippen LogP contribution in [-0.4, -0.2) is 29.7 Å². The molecule has 1 aliphatic rings. The monoisotopic (exact) mass is 366 g/mol. The molecule has 6 nitrogen and oxygen atoms in total. The van der Waals surface area contributed by atoms with Gasteiger partial charge in [0.15, 0.2) is 0 Å². The van der Waals surface area contributed by atoms with Crippen molar-refractivity contribution in [2.45, 2.75) is 32.5 Å². The summed E-state index contributed by atoms with van der Waals surface area (Å²) >= 11 is 0. The molecule has 0 aromatic heterocycles. The lowest BCUT2D eigenvalue weighted by Crippen LogP contribution is -2.28. The Morgan fingerprint density at radius 3 is 2.26 bits per heavy atom. The van der Waals surface area contributed by atoms with Gasteiger partial charge in [-0.15, -0.1) is 0 Å². The number of ether oxygens (including phenoxy) is 1. The van der Waals surface area contributed by atoms with Crippen LogP contribution in [0.3, 0.4) is 0 Å². The Morgan fingerprint density at radius 1 is 1.00 bits per heavy atom. The maximum Gasteiger partial charge on any atom is 0.251 e. The first-order valence-electron chi connectivity index (χ1n) is 8.84. The van der Waals surface area contributed by atoms with E-state index in [1.54, 1.807) is 31.4 Å². The third-order valence-electron chi connectivity index (χ3n) is 4.57. The minimum absolute atomic E-state index is 0.142. The van der Waals surface area contributed by atoms with Crippen molar-refractivity contribution in [3.05, 3.63) is 70.8 Å². The van der Waals surface area contributed by atoms with E-state index in [1.165, 1.54) is 4.90 Å². The Bertz CT molecular complexity index is 830. The van der Waals surface area contributed by atoms with E-state index in [4.69, 9.17) is 4.74 Å². The molecule has 3 amide bonds. The summed E-state index contributed by atoms with van der Waals surface area (Å²) in [6.07, 6.45) is 0.563. The van der Waals surface area contributed by atoms with Crippen molar-refractivity contribution in [1.82, 2.24) is 10.2 Å². The molecule has 0 bridgehead atoms. The molecule has 1 heterocycles. The van der Waals surface area contributed by atoms with Crippen molar-refractivity contribution in [1.29, 1.82) is 0 Å². The number of nitrogens with zero attached hydrogens (tertiary/aromatic N) is 1. The summed E-state index contributed by atoms with van der Waals surface area (Å²) in [5, 5.41) is 2.91. The summed E-state index contributed by atoms with van der Waals surface area (Å²) in [7, 11) is 1.64. The van der Waals surface area contributed by atoms with Crippen LogP contribution >= 0.6 is 0 Å². The van der Waals surface area contributed by atoms with Gasteiger partial charge in [0.25, 0.3) is 5.91 Å². The Labute approximate surface area is 158 Å². The number of hydrogen-bond donors (Lipinski definition) is 1. The zero-order valence-electron chi connectivity index (χ0n) is 15.2. The maximum absolute atomic E-state index is 12.4. The topological polar surface area (TPSA) is 75.7 Å². The molecule has 3 rings (SSSR count). The Hall–Kier alpha value is -2.99. The van der Waals surface area contributed by atoms with Gasteiger partial charge in [0, 0.05) is 32.1 Å². The van der Waals surface area contributed by atoms with Crippen LogP contribution in [0.15, 0.2) is 48.5 Å². The molecular formula is C21H22N2O4. The van der Waals surface area contributed by atoms with Gasteiger partial charge >= 0.3 is 0 Å². The zero-order chi connectivity index (χ0) is 19.2. The number of carbonyl (C=O) groups excluding carboxylic acids is 3. The van der Waals surface area contributed by atoms with Crippen LogP contribution in [0.25, 0.3) is 0 Å². The number of benzene rings is 2. The number of rotatable bonds is 7. The van der Waals surface area contributed by atoms with Crippen molar-refractivity contribution in [3.63, 3.8) is 0 Å². The first-order chi connectivity index (χ1) is 13.1. The molecule has 0 spiro atoms. The smallest absolute Gasteiger partial charge is 0.251 e. The summed E-state index contributed by atoms with van der Waals surface area (Å²) < 4.78 is 5.18. The first kappa shape index (κ1) is 18.8. The first-order valence-corrected chi connectivity index (χ1v) is 8.84. The molecule has 0 radical (unpaired) electrons. The minimum Gasteiger partial charge on any atom is -0.380 e. The summed E-state index contributed by atoms with van der Waals surface area (Å²) in [5.41, 5.74) is 3.40. The van der Waals surface area contributed by atoms with E-state index >= 15 is 0 Å². The van der Waals surface area contributed by atoms with E-state index in [2.05, 4.69) is 5.32 Å². The summed E-state index contributed by atoms with van der Waals surface area (Å²) in [5.74, 6) is -0.463. The highest BCUT2D eigenvalue weighted by Crippen LogP contribution is 2.16. The predicted molar refractivity (Wildman–Crippen MR) is 99.6 cm³/mol. The summed E-state index contributed by atoms with van der Waals surface area (Å²) in [6, 6.07) is 14.7. The molecule has 2 aromatic carbocycles. The molecule has 2 aromatic rings. The molecule has 6 heteroatoms. The van der Waals surface area contributed by atoms with Gasteiger partial charge in [-0.05, 0) is 28.8 Å². The second-order valence-electron chi connectivity index (χ2n) is 6.45. The number of hydrogen-bond acceptors (Lipinski definition) is 4. The maximum atomic E-state index is 12.4. The molecule has 0 unspecified atom stereocenters. The van der Waals surface area contributed by atoms with Crippen LogP contribution in [0, 0.1) is 0 Å². The molecule has 27 heavy (non-hydrogen) atoms. The standard InChI is InChI=1S/C21H22N2O4/c1-27-14-18-5-3-2-4-17(18)12-22-21(26)16-8-6-15(7-9-16)13-23-19(24)10-11-20(23)25/h2-9H,10-14H2,1H3,(H,22,26). The number of imide groups is 1. The fraction of sp³-hybridized carbons (Fsp3) is 0.286. The largest absolute Gasteiger partial charge is 0.380 e. The van der Waals surface area contributed by atoms with Crippen LogP contribution < -0.4 is 5.32 Å². The van der Waals surface area contributed by atoms with Crippen molar-refractivity contribution in [3.8, 4) is 0 Å². The van der Waals surface area contributed by atoms with E-state index in [0.29, 0.717) is 18.7 Å². The second-order valence-corrected chi connectivity index (χ2v) is 6.45. The van der Waals surface area contributed by atoms with Gasteiger partial charge in [-0.1, -0.05) is 36.4 Å². The molecule has 0 aliphatic carbocycles. The third-order valence-corrected chi connectivity index (χ3v) is 4.57. The van der Waals surface area contributed by atoms with Crippen LogP contribution in [0.2, 0.25) is 0 Å². The fourth-order valence-corrected chi connectivity index (χ4v) is 3.05. The van der Waals surface area contributed by atoms with E-state index in [1.807, 2.05) is 24.3 Å². The van der Waals surface area contributed by atoms with E-state index in [9.17, 15) is 14.4 Å². The van der Waals surface area contributed by atoms with Gasteiger partial charge in [0.1, 0.15) is 0 Å². The molecule has 140 valence electrons. The van der Waals surface area contributed by atoms with Crippen LogP contribution in [0.1, 0.15) is 39.9 Å². The quantitative estimate of drug-likeness (QED) is 0.764. The zero-order valence-corrected chi connectivity index (χ0v) is 15.2. The Morgan fingerprint density at radius 2 is 1.63 bits per heavy atom. The normalized spacial score (nSPS) is 13.9. The van der Waals surface area contributed by atoms with E-state index in [0.717, 1.165) is 16.7 Å².